The number of carbonyl (C=O) groups is 1. The van der Waals surface area contributed by atoms with Gasteiger partial charge >= 0.3 is 0 Å². The maximum Gasteiger partial charge on any atom is 0.266 e. The number of anilines is 1. The van der Waals surface area contributed by atoms with Crippen LogP contribution >= 0.6 is 11.6 Å². The van der Waals surface area contributed by atoms with Gasteiger partial charge in [-0.2, -0.15) is 5.26 Å². The van der Waals surface area contributed by atoms with E-state index in [9.17, 15) is 15.2 Å². The lowest BCUT2D eigenvalue weighted by atomic mass is 10.1. The Balaban J connectivity index is 2.26. The fourth-order valence-corrected chi connectivity index (χ4v) is 2.05. The highest BCUT2D eigenvalue weighted by molar-refractivity contribution is 6.32. The Kier molecular flexibility index (Phi) is 5.23. The standard InChI is InChI=1S/C17H13ClN2O3/c1-23-16-5-3-2-4-14(16)20-17(22)12(10-19)8-11-6-7-15(21)13(18)9-11/h2-9,21H,1H3,(H,20,22)/b12-8-. The van der Waals surface area contributed by atoms with Crippen LogP contribution in [-0.2, 0) is 4.79 Å². The lowest BCUT2D eigenvalue weighted by Gasteiger charge is -2.09. The molecule has 1 amide bonds. The van der Waals surface area contributed by atoms with E-state index >= 15 is 0 Å². The van der Waals surface area contributed by atoms with E-state index < -0.39 is 5.91 Å². The maximum atomic E-state index is 12.2. The molecule has 0 aromatic heterocycles. The van der Waals surface area contributed by atoms with Gasteiger partial charge in [0.05, 0.1) is 17.8 Å². The molecule has 2 aromatic carbocycles. The van der Waals surface area contributed by atoms with Gasteiger partial charge in [0.1, 0.15) is 23.1 Å². The Labute approximate surface area is 138 Å². The van der Waals surface area contributed by atoms with Crippen molar-refractivity contribution in [3.8, 4) is 17.6 Å². The fourth-order valence-electron chi connectivity index (χ4n) is 1.87. The first kappa shape index (κ1) is 16.4. The van der Waals surface area contributed by atoms with Gasteiger partial charge < -0.3 is 15.2 Å². The molecule has 2 aromatic rings. The number of aromatic hydroxyl groups is 1. The number of rotatable bonds is 4. The van der Waals surface area contributed by atoms with E-state index in [4.69, 9.17) is 16.3 Å². The van der Waals surface area contributed by atoms with E-state index in [2.05, 4.69) is 5.32 Å². The summed E-state index contributed by atoms with van der Waals surface area (Å²) >= 11 is 5.81. The van der Waals surface area contributed by atoms with Gasteiger partial charge in [-0.3, -0.25) is 4.79 Å². The van der Waals surface area contributed by atoms with Crippen LogP contribution in [0.2, 0.25) is 5.02 Å². The van der Waals surface area contributed by atoms with Crippen LogP contribution in [0.1, 0.15) is 5.56 Å². The van der Waals surface area contributed by atoms with Crippen LogP contribution in [-0.4, -0.2) is 18.1 Å². The topological polar surface area (TPSA) is 82.3 Å². The number of ether oxygens (including phenoxy) is 1. The highest BCUT2D eigenvalue weighted by Crippen LogP contribution is 2.26. The van der Waals surface area contributed by atoms with Crippen LogP contribution in [0.4, 0.5) is 5.69 Å². The number of methoxy groups -OCH3 is 1. The minimum atomic E-state index is -0.568. The largest absolute Gasteiger partial charge is 0.506 e. The number of nitrogens with zero attached hydrogens (tertiary/aromatic N) is 1. The minimum Gasteiger partial charge on any atom is -0.506 e. The molecule has 0 saturated carbocycles. The summed E-state index contributed by atoms with van der Waals surface area (Å²) in [6, 6.07) is 13.1. The fraction of sp³-hybridized carbons (Fsp3) is 0.0588. The molecule has 0 aliphatic heterocycles. The maximum absolute atomic E-state index is 12.2. The van der Waals surface area contributed by atoms with Crippen molar-refractivity contribution in [1.29, 1.82) is 5.26 Å². The number of phenols is 1. The van der Waals surface area contributed by atoms with Crippen molar-refractivity contribution in [2.24, 2.45) is 0 Å². The van der Waals surface area contributed by atoms with E-state index in [-0.39, 0.29) is 16.3 Å². The number of hydrogen-bond donors (Lipinski definition) is 2. The third-order valence-corrected chi connectivity index (χ3v) is 3.31. The molecule has 0 aliphatic rings. The molecule has 0 saturated heterocycles. The lowest BCUT2D eigenvalue weighted by Crippen LogP contribution is -2.14. The Bertz CT molecular complexity index is 810. The van der Waals surface area contributed by atoms with Crippen molar-refractivity contribution in [3.63, 3.8) is 0 Å². The van der Waals surface area contributed by atoms with Gasteiger partial charge in [-0.1, -0.05) is 29.8 Å². The van der Waals surface area contributed by atoms with E-state index in [1.54, 1.807) is 30.3 Å². The summed E-state index contributed by atoms with van der Waals surface area (Å²) in [5.41, 5.74) is 0.891. The van der Waals surface area contributed by atoms with Crippen LogP contribution in [0.25, 0.3) is 6.08 Å². The number of benzene rings is 2. The summed E-state index contributed by atoms with van der Waals surface area (Å²) in [6.07, 6.45) is 1.38. The Morgan fingerprint density at radius 1 is 1.35 bits per heavy atom. The number of carbonyl (C=O) groups excluding carboxylic acids is 1. The number of hydrogen-bond acceptors (Lipinski definition) is 4. The predicted molar refractivity (Wildman–Crippen MR) is 88.3 cm³/mol. The van der Waals surface area contributed by atoms with E-state index in [1.807, 2.05) is 6.07 Å². The van der Waals surface area contributed by atoms with Crippen LogP contribution in [0.3, 0.4) is 0 Å². The number of para-hydroxylation sites is 2. The third kappa shape index (κ3) is 4.02. The van der Waals surface area contributed by atoms with Crippen LogP contribution in [0.5, 0.6) is 11.5 Å². The predicted octanol–water partition coefficient (Wildman–Crippen LogP) is 3.60. The molecule has 0 bridgehead atoms. The molecule has 0 aliphatic carbocycles. The second-order valence-corrected chi connectivity index (χ2v) is 4.94. The Morgan fingerprint density at radius 3 is 2.74 bits per heavy atom. The Hall–Kier alpha value is -2.97. The first-order valence-electron chi connectivity index (χ1n) is 6.60. The number of nitriles is 1. The monoisotopic (exact) mass is 328 g/mol. The van der Waals surface area contributed by atoms with E-state index in [1.165, 1.54) is 25.3 Å². The molecule has 0 unspecified atom stereocenters. The van der Waals surface area contributed by atoms with Crippen LogP contribution in [0.15, 0.2) is 48.0 Å². The molecule has 0 spiro atoms. The molecule has 0 atom stereocenters. The van der Waals surface area contributed by atoms with E-state index in [0.717, 1.165) is 0 Å². The molecule has 2 rings (SSSR count). The summed E-state index contributed by atoms with van der Waals surface area (Å²) in [5, 5.41) is 21.3. The van der Waals surface area contributed by atoms with Crippen molar-refractivity contribution in [2.75, 3.05) is 12.4 Å². The SMILES string of the molecule is COc1ccccc1NC(=O)/C(C#N)=C\c1ccc(O)c(Cl)c1. The van der Waals surface area contributed by atoms with Crippen molar-refractivity contribution >= 4 is 29.3 Å². The minimum absolute atomic E-state index is 0.0687. The van der Waals surface area contributed by atoms with Crippen LogP contribution < -0.4 is 10.1 Å². The molecule has 0 fully saturated rings. The molecule has 2 N–H and O–H groups in total. The summed E-state index contributed by atoms with van der Waals surface area (Å²) in [4.78, 5) is 12.2. The molecular weight excluding hydrogens is 316 g/mol. The van der Waals surface area contributed by atoms with Gasteiger partial charge in [0.25, 0.3) is 5.91 Å². The molecule has 6 heteroatoms. The average Bonchev–Trinajstić information content (AvgIpc) is 2.56. The van der Waals surface area contributed by atoms with Crippen molar-refractivity contribution < 1.29 is 14.6 Å². The summed E-state index contributed by atoms with van der Waals surface area (Å²) in [7, 11) is 1.49. The zero-order valence-electron chi connectivity index (χ0n) is 12.2. The summed E-state index contributed by atoms with van der Waals surface area (Å²) < 4.78 is 5.14. The first-order chi connectivity index (χ1) is 11.0. The Morgan fingerprint density at radius 2 is 2.09 bits per heavy atom. The van der Waals surface area contributed by atoms with Crippen molar-refractivity contribution in [3.05, 3.63) is 58.6 Å². The number of nitrogens with one attached hydrogen (secondary N) is 1. The highest BCUT2D eigenvalue weighted by atomic mass is 35.5. The zero-order chi connectivity index (χ0) is 16.8. The summed E-state index contributed by atoms with van der Waals surface area (Å²) in [6.45, 7) is 0. The molecule has 0 radical (unpaired) electrons. The smallest absolute Gasteiger partial charge is 0.266 e. The zero-order valence-corrected chi connectivity index (χ0v) is 13.0. The first-order valence-corrected chi connectivity index (χ1v) is 6.97. The quantitative estimate of drug-likeness (QED) is 0.663. The van der Waals surface area contributed by atoms with Gasteiger partial charge in [0.2, 0.25) is 0 Å². The number of halogens is 1. The highest BCUT2D eigenvalue weighted by Gasteiger charge is 2.12. The van der Waals surface area contributed by atoms with Gasteiger partial charge in [0, 0.05) is 0 Å². The van der Waals surface area contributed by atoms with Gasteiger partial charge in [-0.25, -0.2) is 0 Å². The molecule has 0 heterocycles. The lowest BCUT2D eigenvalue weighted by molar-refractivity contribution is -0.112. The summed E-state index contributed by atoms with van der Waals surface area (Å²) in [5.74, 6) is -0.146. The number of phenolic OH excluding ortho intramolecular Hbond substituents is 1. The average molecular weight is 329 g/mol. The second kappa shape index (κ2) is 7.34. The molecule has 23 heavy (non-hydrogen) atoms. The van der Waals surface area contributed by atoms with Gasteiger partial charge in [-0.05, 0) is 35.9 Å². The van der Waals surface area contributed by atoms with Crippen molar-refractivity contribution in [2.45, 2.75) is 0 Å². The van der Waals surface area contributed by atoms with Gasteiger partial charge in [-0.15, -0.1) is 0 Å². The van der Waals surface area contributed by atoms with Crippen LogP contribution in [0, 0.1) is 11.3 Å². The molecule has 5 nitrogen and oxygen atoms in total. The normalized spacial score (nSPS) is 10.7. The van der Waals surface area contributed by atoms with E-state index in [0.29, 0.717) is 17.0 Å². The molecule has 116 valence electrons. The third-order valence-electron chi connectivity index (χ3n) is 3.00. The van der Waals surface area contributed by atoms with Gasteiger partial charge in [0.15, 0.2) is 0 Å². The second-order valence-electron chi connectivity index (χ2n) is 4.54. The van der Waals surface area contributed by atoms with Crippen molar-refractivity contribution in [1.82, 2.24) is 0 Å². The number of amides is 1. The molecular formula is C17H13ClN2O3.